The number of ether oxygens (including phenoxy) is 1. The van der Waals surface area contributed by atoms with E-state index in [4.69, 9.17) is 0 Å². The van der Waals surface area contributed by atoms with Crippen LogP contribution in [0.2, 0.25) is 0 Å². The molecule has 0 N–H and O–H groups in total. The number of methoxy groups -OCH3 is 1. The van der Waals surface area contributed by atoms with Gasteiger partial charge in [0, 0.05) is 17.7 Å². The molecule has 0 aliphatic rings. The van der Waals surface area contributed by atoms with Gasteiger partial charge in [-0.1, -0.05) is 18.2 Å². The zero-order valence-corrected chi connectivity index (χ0v) is 9.81. The number of pyridine rings is 1. The van der Waals surface area contributed by atoms with Gasteiger partial charge < -0.3 is 4.74 Å². The predicted molar refractivity (Wildman–Crippen MR) is 67.4 cm³/mol. The molecule has 1 aromatic heterocycles. The van der Waals surface area contributed by atoms with Crippen LogP contribution >= 0.6 is 0 Å². The van der Waals surface area contributed by atoms with Gasteiger partial charge in [-0.05, 0) is 30.2 Å². The number of nitrogens with zero attached hydrogens (tertiary/aromatic N) is 1. The van der Waals surface area contributed by atoms with Crippen LogP contribution in [0.15, 0.2) is 42.6 Å². The van der Waals surface area contributed by atoms with Crippen LogP contribution in [-0.2, 0) is 9.53 Å². The standard InChI is InChI=1S/C14H13NO2/c1-10(7-14(16)17-2)12-8-11-5-3-4-6-13(11)15-9-12/h3-9H,1-2H3. The van der Waals surface area contributed by atoms with Gasteiger partial charge in [0.1, 0.15) is 0 Å². The van der Waals surface area contributed by atoms with E-state index in [2.05, 4.69) is 9.72 Å². The van der Waals surface area contributed by atoms with E-state index in [0.717, 1.165) is 22.0 Å². The molecule has 3 heteroatoms. The zero-order chi connectivity index (χ0) is 12.3. The fourth-order valence-corrected chi connectivity index (χ4v) is 1.61. The number of carbonyl (C=O) groups excluding carboxylic acids is 1. The van der Waals surface area contributed by atoms with Gasteiger partial charge in [-0.15, -0.1) is 0 Å². The zero-order valence-electron chi connectivity index (χ0n) is 9.81. The summed E-state index contributed by atoms with van der Waals surface area (Å²) < 4.78 is 4.59. The second-order valence-corrected chi connectivity index (χ2v) is 3.77. The largest absolute Gasteiger partial charge is 0.466 e. The molecule has 2 aromatic rings. The molecule has 0 saturated carbocycles. The highest BCUT2D eigenvalue weighted by Crippen LogP contribution is 2.18. The highest BCUT2D eigenvalue weighted by molar-refractivity contribution is 5.92. The molecule has 3 nitrogen and oxygen atoms in total. The lowest BCUT2D eigenvalue weighted by atomic mass is 10.1. The molecule has 2 rings (SSSR count). The monoisotopic (exact) mass is 227 g/mol. The number of fused-ring (bicyclic) bond motifs is 1. The molecule has 0 radical (unpaired) electrons. The lowest BCUT2D eigenvalue weighted by Crippen LogP contribution is -1.96. The quantitative estimate of drug-likeness (QED) is 0.585. The first-order valence-electron chi connectivity index (χ1n) is 5.32. The maximum Gasteiger partial charge on any atom is 0.330 e. The topological polar surface area (TPSA) is 39.2 Å². The summed E-state index contributed by atoms with van der Waals surface area (Å²) in [5.41, 5.74) is 2.71. The van der Waals surface area contributed by atoms with E-state index in [1.807, 2.05) is 37.3 Å². The Morgan fingerprint density at radius 3 is 2.88 bits per heavy atom. The van der Waals surface area contributed by atoms with E-state index in [1.165, 1.54) is 13.2 Å². The lowest BCUT2D eigenvalue weighted by Gasteiger charge is -2.03. The van der Waals surface area contributed by atoms with Crippen LogP contribution in [0.5, 0.6) is 0 Å². The van der Waals surface area contributed by atoms with Crippen LogP contribution in [0, 0.1) is 0 Å². The summed E-state index contributed by atoms with van der Waals surface area (Å²) in [7, 11) is 1.37. The first-order valence-corrected chi connectivity index (χ1v) is 5.32. The van der Waals surface area contributed by atoms with E-state index in [9.17, 15) is 4.79 Å². The molecule has 0 fully saturated rings. The van der Waals surface area contributed by atoms with Crippen molar-refractivity contribution in [2.24, 2.45) is 0 Å². The Morgan fingerprint density at radius 1 is 1.35 bits per heavy atom. The summed E-state index contributed by atoms with van der Waals surface area (Å²) in [4.78, 5) is 15.5. The van der Waals surface area contributed by atoms with Gasteiger partial charge in [-0.3, -0.25) is 4.98 Å². The molecule has 0 atom stereocenters. The molecule has 0 bridgehead atoms. The van der Waals surface area contributed by atoms with Crippen molar-refractivity contribution in [1.29, 1.82) is 0 Å². The van der Waals surface area contributed by atoms with Gasteiger partial charge in [0.15, 0.2) is 0 Å². The highest BCUT2D eigenvalue weighted by atomic mass is 16.5. The molecule has 0 saturated heterocycles. The molecule has 0 aliphatic carbocycles. The third-order valence-electron chi connectivity index (χ3n) is 2.58. The molecule has 0 unspecified atom stereocenters. The fraction of sp³-hybridized carbons (Fsp3) is 0.143. The number of esters is 1. The van der Waals surface area contributed by atoms with E-state index in [0.29, 0.717) is 0 Å². The van der Waals surface area contributed by atoms with Crippen molar-refractivity contribution in [3.05, 3.63) is 48.2 Å². The smallest absolute Gasteiger partial charge is 0.330 e. The van der Waals surface area contributed by atoms with Gasteiger partial charge in [-0.25, -0.2) is 4.79 Å². The average molecular weight is 227 g/mol. The summed E-state index contributed by atoms with van der Waals surface area (Å²) >= 11 is 0. The SMILES string of the molecule is COC(=O)C=C(C)c1cnc2ccccc2c1. The second kappa shape index (κ2) is 4.78. The molecular weight excluding hydrogens is 214 g/mol. The molecule has 1 aromatic carbocycles. The molecule has 1 heterocycles. The Hall–Kier alpha value is -2.16. The first-order chi connectivity index (χ1) is 8.20. The number of benzene rings is 1. The summed E-state index contributed by atoms with van der Waals surface area (Å²) in [6.07, 6.45) is 3.23. The highest BCUT2D eigenvalue weighted by Gasteiger charge is 2.02. The van der Waals surface area contributed by atoms with Gasteiger partial charge >= 0.3 is 5.97 Å². The van der Waals surface area contributed by atoms with Crippen molar-refractivity contribution in [1.82, 2.24) is 4.98 Å². The number of aromatic nitrogens is 1. The number of allylic oxidation sites excluding steroid dienone is 1. The van der Waals surface area contributed by atoms with Crippen LogP contribution in [0.1, 0.15) is 12.5 Å². The second-order valence-electron chi connectivity index (χ2n) is 3.77. The minimum Gasteiger partial charge on any atom is -0.466 e. The predicted octanol–water partition coefficient (Wildman–Crippen LogP) is 2.81. The number of hydrogen-bond acceptors (Lipinski definition) is 3. The number of hydrogen-bond donors (Lipinski definition) is 0. The number of rotatable bonds is 2. The first kappa shape index (κ1) is 11.3. The van der Waals surface area contributed by atoms with Crippen molar-refractivity contribution in [2.75, 3.05) is 7.11 Å². The Labute approximate surface area is 99.7 Å². The minimum atomic E-state index is -0.351. The fourth-order valence-electron chi connectivity index (χ4n) is 1.61. The van der Waals surface area contributed by atoms with E-state index in [1.54, 1.807) is 6.20 Å². The Kier molecular flexibility index (Phi) is 3.19. The Bertz CT molecular complexity index is 588. The lowest BCUT2D eigenvalue weighted by molar-refractivity contribution is -0.134. The van der Waals surface area contributed by atoms with Crippen LogP contribution < -0.4 is 0 Å². The van der Waals surface area contributed by atoms with Crippen molar-refractivity contribution in [2.45, 2.75) is 6.92 Å². The van der Waals surface area contributed by atoms with Crippen LogP contribution in [0.4, 0.5) is 0 Å². The third-order valence-corrected chi connectivity index (χ3v) is 2.58. The van der Waals surface area contributed by atoms with E-state index >= 15 is 0 Å². The maximum absolute atomic E-state index is 11.1. The maximum atomic E-state index is 11.1. The number of para-hydroxylation sites is 1. The van der Waals surface area contributed by atoms with Crippen LogP contribution in [0.25, 0.3) is 16.5 Å². The summed E-state index contributed by atoms with van der Waals surface area (Å²) in [6.45, 7) is 1.86. The summed E-state index contributed by atoms with van der Waals surface area (Å²) in [5.74, 6) is -0.351. The normalized spacial score (nSPS) is 11.5. The third kappa shape index (κ3) is 2.50. The Morgan fingerprint density at radius 2 is 2.12 bits per heavy atom. The molecule has 0 amide bonds. The molecule has 17 heavy (non-hydrogen) atoms. The molecule has 86 valence electrons. The van der Waals surface area contributed by atoms with Gasteiger partial charge in [0.25, 0.3) is 0 Å². The Balaban J connectivity index is 2.43. The van der Waals surface area contributed by atoms with Gasteiger partial charge in [-0.2, -0.15) is 0 Å². The van der Waals surface area contributed by atoms with Crippen LogP contribution in [-0.4, -0.2) is 18.1 Å². The van der Waals surface area contributed by atoms with Crippen molar-refractivity contribution < 1.29 is 9.53 Å². The van der Waals surface area contributed by atoms with Gasteiger partial charge in [0.2, 0.25) is 0 Å². The summed E-state index contributed by atoms with van der Waals surface area (Å²) in [6, 6.07) is 9.88. The molecule has 0 aliphatic heterocycles. The molecular formula is C14H13NO2. The van der Waals surface area contributed by atoms with Crippen molar-refractivity contribution in [3.8, 4) is 0 Å². The minimum absolute atomic E-state index is 0.351. The number of carbonyl (C=O) groups is 1. The molecule has 0 spiro atoms. The van der Waals surface area contributed by atoms with Crippen molar-refractivity contribution >= 4 is 22.4 Å². The van der Waals surface area contributed by atoms with Crippen molar-refractivity contribution in [3.63, 3.8) is 0 Å². The van der Waals surface area contributed by atoms with Crippen LogP contribution in [0.3, 0.4) is 0 Å². The van der Waals surface area contributed by atoms with E-state index in [-0.39, 0.29) is 5.97 Å². The average Bonchev–Trinajstić information content (AvgIpc) is 2.38. The summed E-state index contributed by atoms with van der Waals surface area (Å²) in [5, 5.41) is 1.06. The van der Waals surface area contributed by atoms with E-state index < -0.39 is 0 Å². The van der Waals surface area contributed by atoms with Gasteiger partial charge in [0.05, 0.1) is 12.6 Å².